The number of carboxylic acid groups (broad SMARTS) is 1. The SMILES string of the molecule is CC(C)c1ncc(S(=O)(=O)NC(C)(C(=O)O)c2ccccc2)[nH]1. The molecular weight excluding hydrogens is 318 g/mol. The zero-order chi connectivity index (χ0) is 17.3. The van der Waals surface area contributed by atoms with Gasteiger partial charge in [0, 0.05) is 5.92 Å². The highest BCUT2D eigenvalue weighted by Gasteiger charge is 2.40. The largest absolute Gasteiger partial charge is 0.480 e. The quantitative estimate of drug-likeness (QED) is 0.744. The molecule has 0 fully saturated rings. The van der Waals surface area contributed by atoms with E-state index in [0.717, 1.165) is 0 Å². The van der Waals surface area contributed by atoms with Gasteiger partial charge in [-0.05, 0) is 12.5 Å². The molecule has 0 spiro atoms. The van der Waals surface area contributed by atoms with Crippen LogP contribution in [0.5, 0.6) is 0 Å². The van der Waals surface area contributed by atoms with E-state index in [4.69, 9.17) is 0 Å². The van der Waals surface area contributed by atoms with E-state index in [1.807, 2.05) is 13.8 Å². The average molecular weight is 337 g/mol. The van der Waals surface area contributed by atoms with Gasteiger partial charge in [0.1, 0.15) is 5.82 Å². The molecule has 0 amide bonds. The van der Waals surface area contributed by atoms with Crippen molar-refractivity contribution in [3.05, 3.63) is 47.9 Å². The highest BCUT2D eigenvalue weighted by Crippen LogP contribution is 2.24. The number of aromatic nitrogens is 2. The Hall–Kier alpha value is -2.19. The number of nitrogens with one attached hydrogen (secondary N) is 2. The Balaban J connectivity index is 2.41. The number of aliphatic carboxylic acids is 1. The van der Waals surface area contributed by atoms with E-state index in [-0.39, 0.29) is 10.9 Å². The molecule has 0 aliphatic carbocycles. The lowest BCUT2D eigenvalue weighted by Gasteiger charge is -2.26. The van der Waals surface area contributed by atoms with E-state index >= 15 is 0 Å². The molecule has 2 aromatic rings. The third-order valence-electron chi connectivity index (χ3n) is 3.53. The van der Waals surface area contributed by atoms with E-state index < -0.39 is 21.5 Å². The number of nitrogens with zero attached hydrogens (tertiary/aromatic N) is 1. The van der Waals surface area contributed by atoms with Crippen molar-refractivity contribution in [1.82, 2.24) is 14.7 Å². The van der Waals surface area contributed by atoms with Crippen LogP contribution in [0.1, 0.15) is 38.1 Å². The van der Waals surface area contributed by atoms with Crippen LogP contribution in [0.25, 0.3) is 0 Å². The Bertz CT molecular complexity index is 799. The first-order valence-corrected chi connectivity index (χ1v) is 8.53. The van der Waals surface area contributed by atoms with Crippen molar-refractivity contribution in [2.75, 3.05) is 0 Å². The number of aromatic amines is 1. The maximum atomic E-state index is 12.5. The summed E-state index contributed by atoms with van der Waals surface area (Å²) in [6.45, 7) is 5.05. The Morgan fingerprint density at radius 3 is 2.39 bits per heavy atom. The third-order valence-corrected chi connectivity index (χ3v) is 4.99. The van der Waals surface area contributed by atoms with Crippen molar-refractivity contribution >= 4 is 16.0 Å². The molecule has 124 valence electrons. The molecule has 1 heterocycles. The van der Waals surface area contributed by atoms with Crippen LogP contribution in [0.2, 0.25) is 0 Å². The number of H-pyrrole nitrogens is 1. The Morgan fingerprint density at radius 1 is 1.30 bits per heavy atom. The molecule has 7 nitrogen and oxygen atoms in total. The summed E-state index contributed by atoms with van der Waals surface area (Å²) in [6.07, 6.45) is 1.19. The molecule has 23 heavy (non-hydrogen) atoms. The van der Waals surface area contributed by atoms with Gasteiger partial charge in [-0.25, -0.2) is 18.2 Å². The van der Waals surface area contributed by atoms with Gasteiger partial charge in [0.05, 0.1) is 6.20 Å². The van der Waals surface area contributed by atoms with E-state index in [1.54, 1.807) is 30.3 Å². The first-order valence-electron chi connectivity index (χ1n) is 7.04. The van der Waals surface area contributed by atoms with Crippen molar-refractivity contribution in [2.24, 2.45) is 0 Å². The summed E-state index contributed by atoms with van der Waals surface area (Å²) in [5.41, 5.74) is -1.46. The van der Waals surface area contributed by atoms with Gasteiger partial charge < -0.3 is 10.1 Å². The molecule has 3 N–H and O–H groups in total. The first-order chi connectivity index (χ1) is 10.7. The van der Waals surface area contributed by atoms with Crippen molar-refractivity contribution < 1.29 is 18.3 Å². The van der Waals surface area contributed by atoms with Gasteiger partial charge in [-0.2, -0.15) is 4.72 Å². The zero-order valence-corrected chi connectivity index (χ0v) is 13.9. The predicted octanol–water partition coefficient (Wildman–Crippen LogP) is 1.81. The lowest BCUT2D eigenvalue weighted by atomic mass is 9.94. The van der Waals surface area contributed by atoms with Crippen LogP contribution < -0.4 is 4.72 Å². The number of carbonyl (C=O) groups is 1. The second-order valence-corrected chi connectivity index (χ2v) is 7.34. The summed E-state index contributed by atoms with van der Waals surface area (Å²) in [5, 5.41) is 9.37. The summed E-state index contributed by atoms with van der Waals surface area (Å²) in [6, 6.07) is 8.14. The molecule has 2 rings (SSSR count). The highest BCUT2D eigenvalue weighted by atomic mass is 32.2. The molecule has 0 aliphatic rings. The van der Waals surface area contributed by atoms with Crippen LogP contribution in [0.3, 0.4) is 0 Å². The molecule has 0 saturated carbocycles. The minimum atomic E-state index is -4.07. The second-order valence-electron chi connectivity index (χ2n) is 5.69. The minimum Gasteiger partial charge on any atom is -0.480 e. The maximum absolute atomic E-state index is 12.5. The van der Waals surface area contributed by atoms with Gasteiger partial charge in [-0.15, -0.1) is 0 Å². The summed E-state index contributed by atoms with van der Waals surface area (Å²) in [4.78, 5) is 18.4. The minimum absolute atomic E-state index is 0.0268. The van der Waals surface area contributed by atoms with E-state index in [9.17, 15) is 18.3 Å². The zero-order valence-electron chi connectivity index (χ0n) is 13.1. The predicted molar refractivity (Wildman–Crippen MR) is 84.4 cm³/mol. The molecule has 0 aliphatic heterocycles. The molecule has 0 saturated heterocycles. The van der Waals surface area contributed by atoms with E-state index in [2.05, 4.69) is 14.7 Å². The number of carboxylic acids is 1. The monoisotopic (exact) mass is 337 g/mol. The van der Waals surface area contributed by atoms with Crippen molar-refractivity contribution in [3.8, 4) is 0 Å². The van der Waals surface area contributed by atoms with Crippen LogP contribution in [-0.2, 0) is 20.4 Å². The molecule has 1 unspecified atom stereocenters. The van der Waals surface area contributed by atoms with Crippen molar-refractivity contribution in [2.45, 2.75) is 37.3 Å². The number of hydrogen-bond acceptors (Lipinski definition) is 4. The average Bonchev–Trinajstić information content (AvgIpc) is 2.98. The Kier molecular flexibility index (Phi) is 4.58. The van der Waals surface area contributed by atoms with E-state index in [0.29, 0.717) is 11.4 Å². The molecular formula is C15H19N3O4S. The lowest BCUT2D eigenvalue weighted by Crippen LogP contribution is -2.49. The molecule has 0 radical (unpaired) electrons. The number of benzene rings is 1. The van der Waals surface area contributed by atoms with Crippen LogP contribution in [0.4, 0.5) is 0 Å². The highest BCUT2D eigenvalue weighted by molar-refractivity contribution is 7.89. The number of rotatable bonds is 6. The van der Waals surface area contributed by atoms with E-state index in [1.165, 1.54) is 13.1 Å². The maximum Gasteiger partial charge on any atom is 0.329 e. The lowest BCUT2D eigenvalue weighted by molar-refractivity contribution is -0.143. The topological polar surface area (TPSA) is 112 Å². The van der Waals surface area contributed by atoms with Gasteiger partial charge in [0.2, 0.25) is 0 Å². The van der Waals surface area contributed by atoms with Crippen LogP contribution in [0.15, 0.2) is 41.6 Å². The van der Waals surface area contributed by atoms with Gasteiger partial charge in [0.15, 0.2) is 10.6 Å². The summed E-state index contributed by atoms with van der Waals surface area (Å²) in [5.74, 6) is -0.753. The van der Waals surface area contributed by atoms with Gasteiger partial charge in [-0.1, -0.05) is 44.2 Å². The molecule has 1 atom stereocenters. The van der Waals surface area contributed by atoms with Gasteiger partial charge in [-0.3, -0.25) is 0 Å². The van der Waals surface area contributed by atoms with Crippen LogP contribution in [0, 0.1) is 0 Å². The Morgan fingerprint density at radius 2 is 1.91 bits per heavy atom. The fourth-order valence-corrected chi connectivity index (χ4v) is 3.35. The summed E-state index contributed by atoms with van der Waals surface area (Å²) < 4.78 is 27.3. The fraction of sp³-hybridized carbons (Fsp3) is 0.333. The van der Waals surface area contributed by atoms with Gasteiger partial charge in [0.25, 0.3) is 10.0 Å². The standard InChI is InChI=1S/C15H19N3O4S/c1-10(2)13-16-9-12(17-13)23(21,22)18-15(3,14(19)20)11-7-5-4-6-8-11/h4-10,18H,1-3H3,(H,16,17)(H,19,20). The third kappa shape index (κ3) is 3.43. The second kappa shape index (κ2) is 6.13. The van der Waals surface area contributed by atoms with Gasteiger partial charge >= 0.3 is 5.97 Å². The summed E-state index contributed by atoms with van der Waals surface area (Å²) >= 11 is 0. The van der Waals surface area contributed by atoms with Crippen molar-refractivity contribution in [3.63, 3.8) is 0 Å². The molecule has 8 heteroatoms. The molecule has 0 bridgehead atoms. The molecule has 1 aromatic carbocycles. The number of hydrogen-bond donors (Lipinski definition) is 3. The smallest absolute Gasteiger partial charge is 0.329 e. The number of sulfonamides is 1. The fourth-order valence-electron chi connectivity index (χ4n) is 2.07. The summed E-state index contributed by atoms with van der Waals surface area (Å²) in [7, 11) is -4.07. The Labute approximate surface area is 134 Å². The van der Waals surface area contributed by atoms with Crippen LogP contribution in [-0.4, -0.2) is 29.5 Å². The first kappa shape index (κ1) is 17.2. The molecule has 1 aromatic heterocycles. The van der Waals surface area contributed by atoms with Crippen molar-refractivity contribution in [1.29, 1.82) is 0 Å². The number of imidazole rings is 1. The van der Waals surface area contributed by atoms with Crippen LogP contribution >= 0.6 is 0 Å². The normalized spacial score (nSPS) is 14.6.